The maximum Gasteiger partial charge on any atom is 0.386 e. The van der Waals surface area contributed by atoms with E-state index >= 15 is 8.78 Å². The van der Waals surface area contributed by atoms with Gasteiger partial charge in [-0.3, -0.25) is 13.8 Å². The van der Waals surface area contributed by atoms with Gasteiger partial charge in [0.1, 0.15) is 23.6 Å². The zero-order valence-corrected chi connectivity index (χ0v) is 22.1. The van der Waals surface area contributed by atoms with Crippen molar-refractivity contribution in [2.24, 2.45) is 22.4 Å². The predicted molar refractivity (Wildman–Crippen MR) is 135 cm³/mol. The molecule has 2 bridgehead atoms. The molecule has 6 N–H and O–H groups in total. The number of H-pyrrole nitrogens is 1. The highest BCUT2D eigenvalue weighted by atomic mass is 32.7. The topological polar surface area (TPSA) is 212 Å². The van der Waals surface area contributed by atoms with Gasteiger partial charge in [0, 0.05) is 12.1 Å². The molecule has 0 spiro atoms. The minimum Gasteiger partial charge on any atom is -0.370 e. The second-order valence-electron chi connectivity index (χ2n) is 9.81. The van der Waals surface area contributed by atoms with Gasteiger partial charge < -0.3 is 35.8 Å². The lowest BCUT2D eigenvalue weighted by Crippen LogP contribution is -2.41. The summed E-state index contributed by atoms with van der Waals surface area (Å²) >= 11 is 4.01. The van der Waals surface area contributed by atoms with Crippen molar-refractivity contribution in [3.05, 3.63) is 34.6 Å². The van der Waals surface area contributed by atoms with Gasteiger partial charge in [-0.1, -0.05) is 17.5 Å². The van der Waals surface area contributed by atoms with Crippen LogP contribution in [0, 0.1) is 5.92 Å². The molecular formula is C20H23F2N10O6PS. The Kier molecular flexibility index (Phi) is 6.04. The van der Waals surface area contributed by atoms with E-state index < -0.39 is 67.6 Å². The molecule has 7 heterocycles. The Morgan fingerprint density at radius 2 is 2.00 bits per heavy atom. The third kappa shape index (κ3) is 4.07. The molecule has 214 valence electrons. The van der Waals surface area contributed by atoms with E-state index in [-0.39, 0.29) is 41.5 Å². The Morgan fingerprint density at radius 3 is 2.83 bits per heavy atom. The van der Waals surface area contributed by atoms with Crippen LogP contribution < -0.4 is 22.3 Å². The number of hydrogen-bond acceptors (Lipinski definition) is 13. The maximum absolute atomic E-state index is 16.1. The number of alkyl halides is 2. The van der Waals surface area contributed by atoms with Crippen LogP contribution in [0.4, 0.5) is 14.6 Å². The van der Waals surface area contributed by atoms with E-state index in [9.17, 15) is 9.36 Å². The van der Waals surface area contributed by atoms with E-state index in [0.29, 0.717) is 0 Å². The highest BCUT2D eigenvalue weighted by Gasteiger charge is 2.56. The smallest absolute Gasteiger partial charge is 0.370 e. The molecule has 3 fully saturated rings. The van der Waals surface area contributed by atoms with Gasteiger partial charge in [0.25, 0.3) is 5.56 Å². The molecule has 0 aliphatic carbocycles. The number of halogens is 2. The summed E-state index contributed by atoms with van der Waals surface area (Å²) in [6.07, 6.45) is -8.23. The van der Waals surface area contributed by atoms with Gasteiger partial charge >= 0.3 is 6.80 Å². The molecule has 20 heteroatoms. The van der Waals surface area contributed by atoms with Crippen molar-refractivity contribution in [3.8, 4) is 0 Å². The quantitative estimate of drug-likeness (QED) is 0.200. The van der Waals surface area contributed by atoms with E-state index in [0.717, 1.165) is 4.68 Å². The van der Waals surface area contributed by atoms with Gasteiger partial charge in [-0.05, 0) is 12.5 Å². The molecule has 16 nitrogen and oxygen atoms in total. The summed E-state index contributed by atoms with van der Waals surface area (Å²) in [4.78, 5) is 22.9. The number of guanidine groups is 1. The Morgan fingerprint density at radius 1 is 1.20 bits per heavy atom. The highest BCUT2D eigenvalue weighted by molar-refractivity contribution is 8.44. The van der Waals surface area contributed by atoms with E-state index in [1.165, 1.54) is 23.2 Å². The summed E-state index contributed by atoms with van der Waals surface area (Å²) in [5, 5.41) is 10.9. The Labute approximate surface area is 228 Å². The standard InChI is InChI=1S/C20H23F2N10O6PS/c21-10-7-3-8-11(22)13(19(36-8)32-16-12(29-30-32)14(23)27-20(24)28-16)38-39(34,40)35-4-9(7)37-18(10)31-2-1-6-15(31)25-5-26-17(6)33/h1-2,5,7-11,13-14,18-19H,3-4,23H2,(H,34,40)(H3,24,27,28)(H,25,26,33)/t7?,8?,9-,10+,11+,13-,14?,18-,19-,39?/m1/s1. The van der Waals surface area contributed by atoms with Crippen molar-refractivity contribution in [2.45, 2.75) is 55.7 Å². The van der Waals surface area contributed by atoms with Gasteiger partial charge in [0.2, 0.25) is 0 Å². The maximum atomic E-state index is 16.1. The molecule has 4 unspecified atom stereocenters. The van der Waals surface area contributed by atoms with Crippen molar-refractivity contribution in [1.29, 1.82) is 0 Å². The molecule has 7 rings (SSSR count). The number of fused-ring (bicyclic) bond motifs is 5. The summed E-state index contributed by atoms with van der Waals surface area (Å²) < 4.78 is 70.6. The number of nitrogens with two attached hydrogens (primary N) is 2. The number of aromatic nitrogens is 6. The fraction of sp³-hybridized carbons (Fsp3) is 0.550. The van der Waals surface area contributed by atoms with Crippen LogP contribution in [-0.2, 0) is 23.1 Å². The molecule has 4 aliphatic heterocycles. The van der Waals surface area contributed by atoms with Gasteiger partial charge in [0.05, 0.1) is 30.5 Å². The SMILES string of the molecule is NC1=Nc2c(nnn2[C@@H]2OC3CC4[C@@H](COP(=O)(S)O[C@@H]2[C@H]3F)O[C@@H](n2ccc3c(=O)[nH]cnc32)[C@H]4F)C(N)N1. The minimum atomic E-state index is -4.23. The number of nitrogens with zero attached hydrogens (tertiary/aromatic N) is 6. The molecule has 3 saturated heterocycles. The number of aliphatic imine (C=N–C) groups is 1. The lowest BCUT2D eigenvalue weighted by Gasteiger charge is -2.27. The first kappa shape index (κ1) is 26.0. The lowest BCUT2D eigenvalue weighted by atomic mass is 9.91. The van der Waals surface area contributed by atoms with E-state index in [4.69, 9.17) is 30.0 Å². The summed E-state index contributed by atoms with van der Waals surface area (Å²) in [5.41, 5.74) is 11.8. The highest BCUT2D eigenvalue weighted by Crippen LogP contribution is 2.59. The second-order valence-corrected chi connectivity index (χ2v) is 12.7. The Hall–Kier alpha value is -2.93. The van der Waals surface area contributed by atoms with Crippen LogP contribution in [0.15, 0.2) is 28.4 Å². The van der Waals surface area contributed by atoms with Gasteiger partial charge in [-0.15, -0.1) is 5.10 Å². The van der Waals surface area contributed by atoms with Crippen LogP contribution in [0.2, 0.25) is 0 Å². The molecule has 40 heavy (non-hydrogen) atoms. The average molecular weight is 601 g/mol. The van der Waals surface area contributed by atoms with E-state index in [1.807, 2.05) is 0 Å². The first-order chi connectivity index (χ1) is 19.1. The van der Waals surface area contributed by atoms with Crippen molar-refractivity contribution in [2.75, 3.05) is 6.61 Å². The summed E-state index contributed by atoms with van der Waals surface area (Å²) in [5.74, 6) is -0.901. The van der Waals surface area contributed by atoms with Gasteiger partial charge in [0.15, 0.2) is 36.6 Å². The third-order valence-corrected chi connectivity index (χ3v) is 9.06. The van der Waals surface area contributed by atoms with Crippen LogP contribution in [-0.4, -0.2) is 72.8 Å². The predicted octanol–water partition coefficient (Wildman–Crippen LogP) is 0.454. The molecule has 0 aromatic carbocycles. The van der Waals surface area contributed by atoms with Crippen molar-refractivity contribution in [1.82, 2.24) is 34.8 Å². The fourth-order valence-corrected chi connectivity index (χ4v) is 7.04. The van der Waals surface area contributed by atoms with Crippen LogP contribution in [0.1, 0.15) is 30.7 Å². The minimum absolute atomic E-state index is 0.0280. The molecule has 0 saturated carbocycles. The normalized spacial score (nSPS) is 39.4. The van der Waals surface area contributed by atoms with Gasteiger partial charge in [-0.2, -0.15) is 9.67 Å². The number of nitrogens with one attached hydrogen (secondary N) is 2. The summed E-state index contributed by atoms with van der Waals surface area (Å²) in [6.45, 7) is -4.59. The molecule has 0 radical (unpaired) electrons. The van der Waals surface area contributed by atoms with E-state index in [1.54, 1.807) is 0 Å². The largest absolute Gasteiger partial charge is 0.386 e. The number of ether oxygens (including phenoxy) is 2. The Balaban J connectivity index is 1.23. The fourth-order valence-electron chi connectivity index (χ4n) is 5.59. The zero-order valence-electron chi connectivity index (χ0n) is 20.3. The molecule has 3 aromatic heterocycles. The van der Waals surface area contributed by atoms with Gasteiger partial charge in [-0.25, -0.2) is 18.3 Å². The van der Waals surface area contributed by atoms with Crippen molar-refractivity contribution >= 4 is 41.9 Å². The number of hydrogen-bond donors (Lipinski definition) is 5. The molecule has 10 atom stereocenters. The summed E-state index contributed by atoms with van der Waals surface area (Å²) in [6, 6.07) is 1.49. The zero-order chi connectivity index (χ0) is 27.9. The summed E-state index contributed by atoms with van der Waals surface area (Å²) in [7, 11) is 0. The van der Waals surface area contributed by atoms with Crippen molar-refractivity contribution < 1.29 is 31.9 Å². The molecule has 4 aliphatic rings. The number of aromatic amines is 1. The molecule has 0 amide bonds. The average Bonchev–Trinajstić information content (AvgIpc) is 3.65. The number of rotatable bonds is 2. The first-order valence-corrected chi connectivity index (χ1v) is 14.9. The lowest BCUT2D eigenvalue weighted by molar-refractivity contribution is -0.0477. The molecule has 3 aromatic rings. The third-order valence-electron chi connectivity index (χ3n) is 7.45. The van der Waals surface area contributed by atoms with Crippen molar-refractivity contribution in [3.63, 3.8) is 0 Å². The molecular weight excluding hydrogens is 577 g/mol. The van der Waals surface area contributed by atoms with Crippen LogP contribution >= 0.6 is 19.0 Å². The van der Waals surface area contributed by atoms with Crippen LogP contribution in [0.25, 0.3) is 11.0 Å². The van der Waals surface area contributed by atoms with Crippen LogP contribution in [0.5, 0.6) is 0 Å². The first-order valence-electron chi connectivity index (χ1n) is 12.2. The van der Waals surface area contributed by atoms with Crippen LogP contribution in [0.3, 0.4) is 0 Å². The number of thiol groups is 1. The van der Waals surface area contributed by atoms with E-state index in [2.05, 4.69) is 42.8 Å². The second kappa shape index (κ2) is 9.30. The monoisotopic (exact) mass is 600 g/mol. The Bertz CT molecular complexity index is 1620.